The van der Waals surface area contributed by atoms with Gasteiger partial charge in [0.15, 0.2) is 0 Å². The number of nitrogen functional groups attached to an aromatic ring is 1. The van der Waals surface area contributed by atoms with Crippen molar-refractivity contribution >= 4 is 5.69 Å². The Morgan fingerprint density at radius 1 is 1.11 bits per heavy atom. The van der Waals surface area contributed by atoms with E-state index >= 15 is 0 Å². The molecule has 0 aromatic heterocycles. The summed E-state index contributed by atoms with van der Waals surface area (Å²) in [6, 6.07) is 12.5. The number of benzene rings is 2. The van der Waals surface area contributed by atoms with Gasteiger partial charge in [0.2, 0.25) is 0 Å². The van der Waals surface area contributed by atoms with Crippen LogP contribution >= 0.6 is 0 Å². The molecular formula is C14H15NO3. The van der Waals surface area contributed by atoms with Crippen molar-refractivity contribution in [3.8, 4) is 17.2 Å². The number of rotatable bonds is 4. The second-order valence-corrected chi connectivity index (χ2v) is 3.77. The van der Waals surface area contributed by atoms with Crippen molar-refractivity contribution in [2.24, 2.45) is 0 Å². The van der Waals surface area contributed by atoms with E-state index in [2.05, 4.69) is 0 Å². The van der Waals surface area contributed by atoms with E-state index in [0.29, 0.717) is 22.9 Å². The van der Waals surface area contributed by atoms with E-state index < -0.39 is 0 Å². The summed E-state index contributed by atoms with van der Waals surface area (Å²) in [5.74, 6) is 1.79. The van der Waals surface area contributed by atoms with E-state index in [1.807, 2.05) is 18.2 Å². The summed E-state index contributed by atoms with van der Waals surface area (Å²) in [6.45, 7) is -0.0672. The van der Waals surface area contributed by atoms with Crippen LogP contribution in [0.1, 0.15) is 5.56 Å². The lowest BCUT2D eigenvalue weighted by molar-refractivity contribution is 0.276. The van der Waals surface area contributed by atoms with Gasteiger partial charge in [0, 0.05) is 11.6 Å². The molecule has 0 amide bonds. The highest BCUT2D eigenvalue weighted by atomic mass is 16.5. The van der Waals surface area contributed by atoms with E-state index in [4.69, 9.17) is 15.2 Å². The third-order valence-electron chi connectivity index (χ3n) is 2.58. The smallest absolute Gasteiger partial charge is 0.145 e. The second kappa shape index (κ2) is 5.42. The Balaban J connectivity index is 2.28. The van der Waals surface area contributed by atoms with Crippen LogP contribution in [0, 0.1) is 0 Å². The average molecular weight is 245 g/mol. The quantitative estimate of drug-likeness (QED) is 0.812. The van der Waals surface area contributed by atoms with Crippen LogP contribution in [0.3, 0.4) is 0 Å². The van der Waals surface area contributed by atoms with E-state index in [0.717, 1.165) is 5.56 Å². The monoisotopic (exact) mass is 245 g/mol. The molecule has 18 heavy (non-hydrogen) atoms. The molecule has 0 radical (unpaired) electrons. The number of ether oxygens (including phenoxy) is 2. The predicted octanol–water partition coefficient (Wildman–Crippen LogP) is 2.56. The summed E-state index contributed by atoms with van der Waals surface area (Å²) < 4.78 is 10.8. The number of methoxy groups -OCH3 is 1. The minimum absolute atomic E-state index is 0.0672. The van der Waals surface area contributed by atoms with Crippen molar-refractivity contribution in [1.29, 1.82) is 0 Å². The molecule has 0 atom stereocenters. The van der Waals surface area contributed by atoms with Gasteiger partial charge in [-0.05, 0) is 18.2 Å². The molecule has 3 N–H and O–H groups in total. The third kappa shape index (κ3) is 2.55. The van der Waals surface area contributed by atoms with Crippen LogP contribution in [0.2, 0.25) is 0 Å². The van der Waals surface area contributed by atoms with Gasteiger partial charge in [-0.25, -0.2) is 0 Å². The Bertz CT molecular complexity index is 540. The number of aliphatic hydroxyl groups excluding tert-OH is 1. The van der Waals surface area contributed by atoms with Gasteiger partial charge in [-0.3, -0.25) is 0 Å². The second-order valence-electron chi connectivity index (χ2n) is 3.77. The molecule has 0 aliphatic carbocycles. The van der Waals surface area contributed by atoms with Crippen LogP contribution in [0.25, 0.3) is 0 Å². The minimum Gasteiger partial charge on any atom is -0.494 e. The fraction of sp³-hybridized carbons (Fsp3) is 0.143. The van der Waals surface area contributed by atoms with Crippen LogP contribution in [0.4, 0.5) is 5.69 Å². The summed E-state index contributed by atoms with van der Waals surface area (Å²) in [5, 5.41) is 9.22. The highest BCUT2D eigenvalue weighted by Crippen LogP contribution is 2.31. The fourth-order valence-electron chi connectivity index (χ4n) is 1.62. The topological polar surface area (TPSA) is 64.7 Å². The average Bonchev–Trinajstić information content (AvgIpc) is 2.41. The molecule has 0 heterocycles. The van der Waals surface area contributed by atoms with E-state index in [1.165, 1.54) is 0 Å². The molecule has 0 spiro atoms. The molecule has 2 aromatic carbocycles. The number of para-hydroxylation sites is 1. The van der Waals surface area contributed by atoms with Gasteiger partial charge in [-0.15, -0.1) is 0 Å². The molecule has 0 bridgehead atoms. The Kier molecular flexibility index (Phi) is 3.69. The Hall–Kier alpha value is -2.20. The molecule has 94 valence electrons. The normalized spacial score (nSPS) is 10.1. The summed E-state index contributed by atoms with van der Waals surface area (Å²) >= 11 is 0. The van der Waals surface area contributed by atoms with Crippen molar-refractivity contribution < 1.29 is 14.6 Å². The highest BCUT2D eigenvalue weighted by Gasteiger charge is 2.06. The first-order valence-corrected chi connectivity index (χ1v) is 5.54. The standard InChI is InChI=1S/C14H15NO3/c1-17-14-8-11(6-7-12(14)15)18-13-5-3-2-4-10(13)9-16/h2-8,16H,9,15H2,1H3. The molecular weight excluding hydrogens is 230 g/mol. The van der Waals surface area contributed by atoms with Crippen LogP contribution in [-0.4, -0.2) is 12.2 Å². The Morgan fingerprint density at radius 3 is 2.61 bits per heavy atom. The van der Waals surface area contributed by atoms with Crippen LogP contribution in [-0.2, 0) is 6.61 Å². The lowest BCUT2D eigenvalue weighted by Crippen LogP contribution is -1.94. The van der Waals surface area contributed by atoms with Gasteiger partial charge in [-0.1, -0.05) is 18.2 Å². The molecule has 4 heteroatoms. The number of hydrogen-bond donors (Lipinski definition) is 2. The number of hydrogen-bond acceptors (Lipinski definition) is 4. The maximum Gasteiger partial charge on any atom is 0.145 e. The van der Waals surface area contributed by atoms with Gasteiger partial charge in [0.25, 0.3) is 0 Å². The van der Waals surface area contributed by atoms with E-state index in [-0.39, 0.29) is 6.61 Å². The number of nitrogens with two attached hydrogens (primary N) is 1. The van der Waals surface area contributed by atoms with Crippen LogP contribution in [0.5, 0.6) is 17.2 Å². The molecule has 0 saturated heterocycles. The fourth-order valence-corrected chi connectivity index (χ4v) is 1.62. The Morgan fingerprint density at radius 2 is 1.89 bits per heavy atom. The SMILES string of the molecule is COc1cc(Oc2ccccc2CO)ccc1N. The first-order chi connectivity index (χ1) is 8.74. The zero-order valence-corrected chi connectivity index (χ0v) is 10.1. The van der Waals surface area contributed by atoms with Gasteiger partial charge in [0.1, 0.15) is 17.2 Å². The molecule has 0 unspecified atom stereocenters. The first-order valence-electron chi connectivity index (χ1n) is 5.54. The minimum atomic E-state index is -0.0672. The first kappa shape index (κ1) is 12.3. The van der Waals surface area contributed by atoms with Gasteiger partial charge >= 0.3 is 0 Å². The van der Waals surface area contributed by atoms with Crippen molar-refractivity contribution in [2.75, 3.05) is 12.8 Å². The lowest BCUT2D eigenvalue weighted by atomic mass is 10.2. The maximum absolute atomic E-state index is 9.22. The van der Waals surface area contributed by atoms with Crippen molar-refractivity contribution in [2.45, 2.75) is 6.61 Å². The van der Waals surface area contributed by atoms with Crippen molar-refractivity contribution in [1.82, 2.24) is 0 Å². The lowest BCUT2D eigenvalue weighted by Gasteiger charge is -2.11. The molecule has 0 aliphatic heterocycles. The molecule has 0 aliphatic rings. The van der Waals surface area contributed by atoms with E-state index in [9.17, 15) is 5.11 Å². The summed E-state index contributed by atoms with van der Waals surface area (Å²) in [5.41, 5.74) is 7.01. The largest absolute Gasteiger partial charge is 0.494 e. The zero-order valence-electron chi connectivity index (χ0n) is 10.1. The predicted molar refractivity (Wildman–Crippen MR) is 69.8 cm³/mol. The van der Waals surface area contributed by atoms with Crippen LogP contribution in [0.15, 0.2) is 42.5 Å². The number of anilines is 1. The summed E-state index contributed by atoms with van der Waals surface area (Å²) in [4.78, 5) is 0. The highest BCUT2D eigenvalue weighted by molar-refractivity contribution is 5.56. The maximum atomic E-state index is 9.22. The third-order valence-corrected chi connectivity index (χ3v) is 2.58. The molecule has 0 saturated carbocycles. The molecule has 0 fully saturated rings. The van der Waals surface area contributed by atoms with Gasteiger partial charge in [-0.2, -0.15) is 0 Å². The summed E-state index contributed by atoms with van der Waals surface area (Å²) in [7, 11) is 1.55. The van der Waals surface area contributed by atoms with Crippen LogP contribution < -0.4 is 15.2 Å². The number of aliphatic hydroxyl groups is 1. The zero-order chi connectivity index (χ0) is 13.0. The molecule has 4 nitrogen and oxygen atoms in total. The van der Waals surface area contributed by atoms with Crippen molar-refractivity contribution in [3.63, 3.8) is 0 Å². The Labute approximate surface area is 106 Å². The molecule has 2 aromatic rings. The molecule has 2 rings (SSSR count). The van der Waals surface area contributed by atoms with Gasteiger partial charge < -0.3 is 20.3 Å². The summed E-state index contributed by atoms with van der Waals surface area (Å²) in [6.07, 6.45) is 0. The van der Waals surface area contributed by atoms with Crippen molar-refractivity contribution in [3.05, 3.63) is 48.0 Å². The van der Waals surface area contributed by atoms with Gasteiger partial charge in [0.05, 0.1) is 19.4 Å². The van der Waals surface area contributed by atoms with E-state index in [1.54, 1.807) is 31.4 Å².